The number of hydrogen-bond donors (Lipinski definition) is 1. The fourth-order valence-electron chi connectivity index (χ4n) is 1.14. The Hall–Kier alpha value is -0.340. The van der Waals surface area contributed by atoms with Crippen LogP contribution in [0, 0.1) is 6.92 Å². The number of halogens is 1. The van der Waals surface area contributed by atoms with E-state index in [-0.39, 0.29) is 6.04 Å². The summed E-state index contributed by atoms with van der Waals surface area (Å²) in [6.07, 6.45) is 0.943. The van der Waals surface area contributed by atoms with Gasteiger partial charge in [0.1, 0.15) is 0 Å². The van der Waals surface area contributed by atoms with Crippen LogP contribution in [0.4, 0.5) is 0 Å². The molecule has 0 bridgehead atoms. The standard InChI is InChI=1S/C10H14BrN/c1-7-3-4-9(5-8(2)12)6-10(7)11/h3-4,6,8H,5,12H2,1-2H3/t8-/m0/s1. The number of hydrogen-bond acceptors (Lipinski definition) is 1. The molecule has 0 aliphatic heterocycles. The molecule has 2 N–H and O–H groups in total. The first kappa shape index (κ1) is 9.75. The minimum Gasteiger partial charge on any atom is -0.328 e. The molecule has 0 saturated carbocycles. The van der Waals surface area contributed by atoms with Crippen LogP contribution >= 0.6 is 15.9 Å². The maximum absolute atomic E-state index is 5.70. The fraction of sp³-hybridized carbons (Fsp3) is 0.400. The van der Waals surface area contributed by atoms with Crippen LogP contribution in [0.3, 0.4) is 0 Å². The Labute approximate surface area is 82.1 Å². The van der Waals surface area contributed by atoms with E-state index in [1.54, 1.807) is 0 Å². The van der Waals surface area contributed by atoms with Gasteiger partial charge in [0, 0.05) is 10.5 Å². The molecular weight excluding hydrogens is 214 g/mol. The average Bonchev–Trinajstić information content (AvgIpc) is 1.96. The third kappa shape index (κ3) is 2.61. The van der Waals surface area contributed by atoms with E-state index in [4.69, 9.17) is 5.73 Å². The van der Waals surface area contributed by atoms with Crippen molar-refractivity contribution >= 4 is 15.9 Å². The topological polar surface area (TPSA) is 26.0 Å². The van der Waals surface area contributed by atoms with Gasteiger partial charge in [0.15, 0.2) is 0 Å². The molecule has 0 saturated heterocycles. The Bertz CT molecular complexity index is 269. The highest BCUT2D eigenvalue weighted by Gasteiger charge is 1.99. The molecular formula is C10H14BrN. The smallest absolute Gasteiger partial charge is 0.0207 e. The van der Waals surface area contributed by atoms with E-state index in [0.717, 1.165) is 6.42 Å². The van der Waals surface area contributed by atoms with Gasteiger partial charge in [0.25, 0.3) is 0 Å². The Morgan fingerprint density at radius 1 is 1.50 bits per heavy atom. The van der Waals surface area contributed by atoms with Crippen LogP contribution in [0.1, 0.15) is 18.1 Å². The Kier molecular flexibility index (Phi) is 3.29. The summed E-state index contributed by atoms with van der Waals surface area (Å²) >= 11 is 3.50. The molecule has 0 spiro atoms. The van der Waals surface area contributed by atoms with E-state index in [9.17, 15) is 0 Å². The van der Waals surface area contributed by atoms with Gasteiger partial charge < -0.3 is 5.73 Å². The van der Waals surface area contributed by atoms with Gasteiger partial charge in [-0.1, -0.05) is 28.1 Å². The molecule has 66 valence electrons. The van der Waals surface area contributed by atoms with E-state index in [1.165, 1.54) is 15.6 Å². The van der Waals surface area contributed by atoms with Crippen LogP contribution in [0.5, 0.6) is 0 Å². The van der Waals surface area contributed by atoms with Gasteiger partial charge in [-0.25, -0.2) is 0 Å². The Morgan fingerprint density at radius 3 is 2.67 bits per heavy atom. The lowest BCUT2D eigenvalue weighted by atomic mass is 10.1. The fourth-order valence-corrected chi connectivity index (χ4v) is 1.56. The van der Waals surface area contributed by atoms with E-state index in [0.29, 0.717) is 0 Å². The van der Waals surface area contributed by atoms with Crippen molar-refractivity contribution in [3.8, 4) is 0 Å². The second-order valence-electron chi connectivity index (χ2n) is 3.26. The van der Waals surface area contributed by atoms with Crippen molar-refractivity contribution in [2.45, 2.75) is 26.3 Å². The second kappa shape index (κ2) is 4.06. The van der Waals surface area contributed by atoms with Crippen molar-refractivity contribution in [2.24, 2.45) is 5.73 Å². The molecule has 0 fully saturated rings. The van der Waals surface area contributed by atoms with Crippen LogP contribution < -0.4 is 5.73 Å². The highest BCUT2D eigenvalue weighted by Crippen LogP contribution is 2.17. The van der Waals surface area contributed by atoms with Crippen molar-refractivity contribution in [3.63, 3.8) is 0 Å². The molecule has 1 atom stereocenters. The molecule has 0 unspecified atom stereocenters. The molecule has 1 aromatic carbocycles. The number of nitrogens with two attached hydrogens (primary N) is 1. The van der Waals surface area contributed by atoms with Crippen LogP contribution in [-0.4, -0.2) is 6.04 Å². The third-order valence-corrected chi connectivity index (χ3v) is 2.65. The van der Waals surface area contributed by atoms with E-state index in [1.807, 2.05) is 6.92 Å². The summed E-state index contributed by atoms with van der Waals surface area (Å²) in [7, 11) is 0. The highest BCUT2D eigenvalue weighted by atomic mass is 79.9. The summed E-state index contributed by atoms with van der Waals surface area (Å²) in [6, 6.07) is 6.61. The first-order valence-corrected chi connectivity index (χ1v) is 4.89. The number of benzene rings is 1. The van der Waals surface area contributed by atoms with E-state index >= 15 is 0 Å². The summed E-state index contributed by atoms with van der Waals surface area (Å²) in [5, 5.41) is 0. The lowest BCUT2D eigenvalue weighted by molar-refractivity contribution is 0.737. The summed E-state index contributed by atoms with van der Waals surface area (Å²) in [4.78, 5) is 0. The summed E-state index contributed by atoms with van der Waals surface area (Å²) < 4.78 is 1.17. The highest BCUT2D eigenvalue weighted by molar-refractivity contribution is 9.10. The van der Waals surface area contributed by atoms with Gasteiger partial charge in [-0.15, -0.1) is 0 Å². The molecule has 2 heteroatoms. The molecule has 0 aliphatic carbocycles. The van der Waals surface area contributed by atoms with Crippen molar-refractivity contribution in [1.29, 1.82) is 0 Å². The maximum Gasteiger partial charge on any atom is 0.0207 e. The summed E-state index contributed by atoms with van der Waals surface area (Å²) in [5.41, 5.74) is 8.26. The van der Waals surface area contributed by atoms with Crippen molar-refractivity contribution in [3.05, 3.63) is 33.8 Å². The quantitative estimate of drug-likeness (QED) is 0.827. The molecule has 1 nitrogen and oxygen atoms in total. The van der Waals surface area contributed by atoms with Gasteiger partial charge >= 0.3 is 0 Å². The molecule has 12 heavy (non-hydrogen) atoms. The first-order valence-electron chi connectivity index (χ1n) is 4.10. The summed E-state index contributed by atoms with van der Waals surface area (Å²) in [5.74, 6) is 0. The zero-order chi connectivity index (χ0) is 9.14. The predicted octanol–water partition coefficient (Wildman–Crippen LogP) is 2.65. The maximum atomic E-state index is 5.70. The summed E-state index contributed by atoms with van der Waals surface area (Å²) in [6.45, 7) is 4.10. The molecule has 0 radical (unpaired) electrons. The Balaban J connectivity index is 2.82. The van der Waals surface area contributed by atoms with Crippen LogP contribution in [-0.2, 0) is 6.42 Å². The van der Waals surface area contributed by atoms with Gasteiger partial charge in [-0.2, -0.15) is 0 Å². The van der Waals surface area contributed by atoms with Gasteiger partial charge in [0.2, 0.25) is 0 Å². The van der Waals surface area contributed by atoms with Crippen molar-refractivity contribution in [2.75, 3.05) is 0 Å². The molecule has 0 aliphatic rings. The van der Waals surface area contributed by atoms with E-state index in [2.05, 4.69) is 41.1 Å². The molecule has 1 rings (SSSR count). The van der Waals surface area contributed by atoms with Gasteiger partial charge in [0.05, 0.1) is 0 Å². The van der Waals surface area contributed by atoms with Gasteiger partial charge in [-0.05, 0) is 37.5 Å². The van der Waals surface area contributed by atoms with Crippen molar-refractivity contribution < 1.29 is 0 Å². The minimum absolute atomic E-state index is 0.236. The number of aryl methyl sites for hydroxylation is 1. The minimum atomic E-state index is 0.236. The van der Waals surface area contributed by atoms with Gasteiger partial charge in [-0.3, -0.25) is 0 Å². The number of rotatable bonds is 2. The Morgan fingerprint density at radius 2 is 2.17 bits per heavy atom. The zero-order valence-electron chi connectivity index (χ0n) is 7.47. The van der Waals surface area contributed by atoms with Crippen LogP contribution in [0.2, 0.25) is 0 Å². The molecule has 0 amide bonds. The third-order valence-electron chi connectivity index (χ3n) is 1.79. The monoisotopic (exact) mass is 227 g/mol. The second-order valence-corrected chi connectivity index (χ2v) is 4.12. The van der Waals surface area contributed by atoms with Crippen molar-refractivity contribution in [1.82, 2.24) is 0 Å². The van der Waals surface area contributed by atoms with Crippen LogP contribution in [0.15, 0.2) is 22.7 Å². The van der Waals surface area contributed by atoms with Crippen LogP contribution in [0.25, 0.3) is 0 Å². The largest absolute Gasteiger partial charge is 0.328 e. The lowest BCUT2D eigenvalue weighted by Gasteiger charge is -2.06. The molecule has 1 aromatic rings. The SMILES string of the molecule is Cc1ccc(C[C@H](C)N)cc1Br. The first-order chi connectivity index (χ1) is 5.59. The average molecular weight is 228 g/mol. The zero-order valence-corrected chi connectivity index (χ0v) is 9.06. The van der Waals surface area contributed by atoms with E-state index < -0.39 is 0 Å². The predicted molar refractivity (Wildman–Crippen MR) is 56.2 cm³/mol. The molecule has 0 aromatic heterocycles. The molecule has 0 heterocycles. The lowest BCUT2D eigenvalue weighted by Crippen LogP contribution is -2.17. The normalized spacial score (nSPS) is 13.0.